The third kappa shape index (κ3) is 4.65. The second-order valence-electron chi connectivity index (χ2n) is 6.62. The molecule has 1 heterocycles. The molecule has 0 spiro atoms. The smallest absolute Gasteiger partial charge is 0.263 e. The SMILES string of the molecule is Cc1ccc(C)c(S(=O)(=O)Nc2ccc(N(C)Cc3ccccc3)cn2)c1. The van der Waals surface area contributed by atoms with E-state index in [9.17, 15) is 8.42 Å². The Labute approximate surface area is 160 Å². The molecule has 0 aliphatic carbocycles. The summed E-state index contributed by atoms with van der Waals surface area (Å²) in [4.78, 5) is 6.61. The Morgan fingerprint density at radius 3 is 2.41 bits per heavy atom. The quantitative estimate of drug-likeness (QED) is 0.697. The molecule has 6 heteroatoms. The average molecular weight is 382 g/mol. The fourth-order valence-corrected chi connectivity index (χ4v) is 4.15. The van der Waals surface area contributed by atoms with Crippen molar-refractivity contribution in [3.8, 4) is 0 Å². The van der Waals surface area contributed by atoms with Crippen molar-refractivity contribution in [3.63, 3.8) is 0 Å². The van der Waals surface area contributed by atoms with Gasteiger partial charge in [-0.1, -0.05) is 42.5 Å². The summed E-state index contributed by atoms with van der Waals surface area (Å²) in [6.07, 6.45) is 1.67. The van der Waals surface area contributed by atoms with Gasteiger partial charge in [0.15, 0.2) is 0 Å². The Morgan fingerprint density at radius 2 is 1.74 bits per heavy atom. The summed E-state index contributed by atoms with van der Waals surface area (Å²) in [5, 5.41) is 0. The molecule has 2 aromatic carbocycles. The standard InChI is InChI=1S/C21H23N3O2S/c1-16-9-10-17(2)20(13-16)27(25,26)23-21-12-11-19(14-22-21)24(3)15-18-7-5-4-6-8-18/h4-14H,15H2,1-3H3,(H,22,23). The first-order chi connectivity index (χ1) is 12.8. The van der Waals surface area contributed by atoms with Crippen LogP contribution in [0.5, 0.6) is 0 Å². The van der Waals surface area contributed by atoms with Crippen LogP contribution in [0.15, 0.2) is 71.8 Å². The van der Waals surface area contributed by atoms with Gasteiger partial charge in [-0.05, 0) is 48.7 Å². The van der Waals surface area contributed by atoms with Crippen molar-refractivity contribution in [2.24, 2.45) is 0 Å². The van der Waals surface area contributed by atoms with E-state index in [0.29, 0.717) is 11.4 Å². The molecule has 3 rings (SSSR count). The Morgan fingerprint density at radius 1 is 1.00 bits per heavy atom. The van der Waals surface area contributed by atoms with Gasteiger partial charge in [0.05, 0.1) is 16.8 Å². The van der Waals surface area contributed by atoms with E-state index < -0.39 is 10.0 Å². The highest BCUT2D eigenvalue weighted by Gasteiger charge is 2.17. The van der Waals surface area contributed by atoms with Crippen LogP contribution in [0.25, 0.3) is 0 Å². The van der Waals surface area contributed by atoms with Gasteiger partial charge in [0.25, 0.3) is 10.0 Å². The summed E-state index contributed by atoms with van der Waals surface area (Å²) in [6, 6.07) is 19.0. The van der Waals surface area contributed by atoms with E-state index in [1.54, 1.807) is 31.3 Å². The molecule has 0 unspecified atom stereocenters. The number of nitrogens with zero attached hydrogens (tertiary/aromatic N) is 2. The van der Waals surface area contributed by atoms with Gasteiger partial charge < -0.3 is 4.90 Å². The predicted octanol–water partition coefficient (Wildman–Crippen LogP) is 4.14. The molecule has 0 bridgehead atoms. The van der Waals surface area contributed by atoms with Gasteiger partial charge in [0, 0.05) is 13.6 Å². The predicted molar refractivity (Wildman–Crippen MR) is 110 cm³/mol. The third-order valence-corrected chi connectivity index (χ3v) is 5.82. The van der Waals surface area contributed by atoms with Crippen LogP contribution in [0, 0.1) is 13.8 Å². The van der Waals surface area contributed by atoms with Gasteiger partial charge >= 0.3 is 0 Å². The number of rotatable bonds is 6. The number of sulfonamides is 1. The minimum atomic E-state index is -3.67. The number of aromatic nitrogens is 1. The van der Waals surface area contributed by atoms with Crippen molar-refractivity contribution in [2.45, 2.75) is 25.3 Å². The lowest BCUT2D eigenvalue weighted by atomic mass is 10.2. The highest BCUT2D eigenvalue weighted by Crippen LogP contribution is 2.21. The van der Waals surface area contributed by atoms with E-state index in [1.165, 1.54) is 5.56 Å². The molecule has 0 amide bonds. The normalized spacial score (nSPS) is 11.2. The zero-order valence-corrected chi connectivity index (χ0v) is 16.5. The lowest BCUT2D eigenvalue weighted by Gasteiger charge is -2.19. The van der Waals surface area contributed by atoms with E-state index in [0.717, 1.165) is 17.8 Å². The Kier molecular flexibility index (Phi) is 5.46. The van der Waals surface area contributed by atoms with Crippen LogP contribution in [-0.2, 0) is 16.6 Å². The van der Waals surface area contributed by atoms with Gasteiger partial charge in [-0.2, -0.15) is 0 Å². The summed E-state index contributed by atoms with van der Waals surface area (Å²) in [5.74, 6) is 0.299. The molecule has 140 valence electrons. The average Bonchev–Trinajstić information content (AvgIpc) is 2.64. The number of nitrogens with one attached hydrogen (secondary N) is 1. The highest BCUT2D eigenvalue weighted by molar-refractivity contribution is 7.92. The molecular weight excluding hydrogens is 358 g/mol. The number of pyridine rings is 1. The van der Waals surface area contributed by atoms with Gasteiger partial charge in [0.2, 0.25) is 0 Å². The summed E-state index contributed by atoms with van der Waals surface area (Å²) in [7, 11) is -1.70. The van der Waals surface area contributed by atoms with E-state index in [-0.39, 0.29) is 4.90 Å². The summed E-state index contributed by atoms with van der Waals surface area (Å²) >= 11 is 0. The lowest BCUT2D eigenvalue weighted by molar-refractivity contribution is 0.600. The number of benzene rings is 2. The Hall–Kier alpha value is -2.86. The van der Waals surface area contributed by atoms with Crippen molar-refractivity contribution in [3.05, 3.63) is 83.6 Å². The third-order valence-electron chi connectivity index (χ3n) is 4.32. The first-order valence-electron chi connectivity index (χ1n) is 8.66. The van der Waals surface area contributed by atoms with Crippen molar-refractivity contribution < 1.29 is 8.42 Å². The number of hydrogen-bond donors (Lipinski definition) is 1. The zero-order valence-electron chi connectivity index (χ0n) is 15.7. The van der Waals surface area contributed by atoms with Crippen LogP contribution in [0.1, 0.15) is 16.7 Å². The fraction of sp³-hybridized carbons (Fsp3) is 0.190. The topological polar surface area (TPSA) is 62.3 Å². The van der Waals surface area contributed by atoms with Gasteiger partial charge in [0.1, 0.15) is 5.82 Å². The van der Waals surface area contributed by atoms with Gasteiger partial charge in [-0.3, -0.25) is 4.72 Å². The van der Waals surface area contributed by atoms with E-state index in [2.05, 4.69) is 26.7 Å². The molecule has 0 radical (unpaired) electrons. The largest absolute Gasteiger partial charge is 0.369 e. The van der Waals surface area contributed by atoms with Crippen LogP contribution < -0.4 is 9.62 Å². The monoisotopic (exact) mass is 381 g/mol. The first-order valence-corrected chi connectivity index (χ1v) is 10.1. The molecule has 27 heavy (non-hydrogen) atoms. The summed E-state index contributed by atoms with van der Waals surface area (Å²) in [5.41, 5.74) is 3.70. The molecule has 1 N–H and O–H groups in total. The van der Waals surface area contributed by atoms with Gasteiger partial charge in [-0.25, -0.2) is 13.4 Å². The maximum atomic E-state index is 12.7. The van der Waals surface area contributed by atoms with Crippen LogP contribution in [-0.4, -0.2) is 20.4 Å². The Balaban J connectivity index is 1.74. The molecule has 3 aromatic rings. The minimum Gasteiger partial charge on any atom is -0.369 e. The first kappa shape index (κ1) is 18.9. The number of anilines is 2. The maximum absolute atomic E-state index is 12.7. The fourth-order valence-electron chi connectivity index (χ4n) is 2.81. The van der Waals surface area contributed by atoms with Crippen molar-refractivity contribution >= 4 is 21.5 Å². The highest BCUT2D eigenvalue weighted by atomic mass is 32.2. The number of aryl methyl sites for hydroxylation is 2. The molecule has 0 aliphatic rings. The van der Waals surface area contributed by atoms with Crippen LogP contribution in [0.3, 0.4) is 0 Å². The van der Waals surface area contributed by atoms with E-state index >= 15 is 0 Å². The second kappa shape index (κ2) is 7.80. The van der Waals surface area contributed by atoms with E-state index in [4.69, 9.17) is 0 Å². The number of hydrogen-bond acceptors (Lipinski definition) is 4. The van der Waals surface area contributed by atoms with Crippen molar-refractivity contribution in [1.29, 1.82) is 0 Å². The minimum absolute atomic E-state index is 0.273. The Bertz CT molecular complexity index is 1020. The summed E-state index contributed by atoms with van der Waals surface area (Å²) in [6.45, 7) is 4.40. The van der Waals surface area contributed by atoms with Gasteiger partial charge in [-0.15, -0.1) is 0 Å². The molecule has 0 atom stereocenters. The van der Waals surface area contributed by atoms with Crippen LogP contribution in [0.4, 0.5) is 11.5 Å². The lowest BCUT2D eigenvalue weighted by Crippen LogP contribution is -2.18. The molecule has 0 fully saturated rings. The van der Waals surface area contributed by atoms with Crippen LogP contribution in [0.2, 0.25) is 0 Å². The second-order valence-corrected chi connectivity index (χ2v) is 8.27. The van der Waals surface area contributed by atoms with E-state index in [1.807, 2.05) is 44.3 Å². The molecular formula is C21H23N3O2S. The molecule has 1 aromatic heterocycles. The molecule has 0 saturated heterocycles. The molecule has 0 aliphatic heterocycles. The maximum Gasteiger partial charge on any atom is 0.263 e. The molecule has 0 saturated carbocycles. The summed E-state index contributed by atoms with van der Waals surface area (Å²) < 4.78 is 27.9. The molecule has 5 nitrogen and oxygen atoms in total. The van der Waals surface area contributed by atoms with Crippen LogP contribution >= 0.6 is 0 Å². The zero-order chi connectivity index (χ0) is 19.4. The van der Waals surface area contributed by atoms with Crippen molar-refractivity contribution in [2.75, 3.05) is 16.7 Å². The van der Waals surface area contributed by atoms with Crippen molar-refractivity contribution in [1.82, 2.24) is 4.98 Å².